The van der Waals surface area contributed by atoms with E-state index in [1.54, 1.807) is 17.2 Å². The molecule has 0 aliphatic carbocycles. The summed E-state index contributed by atoms with van der Waals surface area (Å²) in [5, 5.41) is 0. The monoisotopic (exact) mass is 246 g/mol. The van der Waals surface area contributed by atoms with Crippen LogP contribution >= 0.6 is 0 Å². The minimum Gasteiger partial charge on any atom is -0.467 e. The Morgan fingerprint density at radius 2 is 2.22 bits per heavy atom. The van der Waals surface area contributed by atoms with E-state index in [0.717, 1.165) is 5.76 Å². The molecule has 0 aliphatic rings. The Morgan fingerprint density at radius 3 is 2.78 bits per heavy atom. The van der Waals surface area contributed by atoms with Crippen LogP contribution in [0, 0.1) is 0 Å². The maximum absolute atomic E-state index is 12.2. The van der Waals surface area contributed by atoms with Gasteiger partial charge in [-0.2, -0.15) is 0 Å². The molecule has 0 fully saturated rings. The van der Waals surface area contributed by atoms with E-state index >= 15 is 0 Å². The number of H-pyrrole nitrogens is 1. The number of carbonyl (C=O) groups excluding carboxylic acids is 1. The molecule has 0 radical (unpaired) electrons. The van der Waals surface area contributed by atoms with Crippen LogP contribution in [0.15, 0.2) is 45.9 Å². The fourth-order valence-corrected chi connectivity index (χ4v) is 1.64. The topological polar surface area (TPSA) is 66.3 Å². The van der Waals surface area contributed by atoms with E-state index in [2.05, 4.69) is 4.98 Å². The minimum atomic E-state index is -0.222. The largest absolute Gasteiger partial charge is 0.467 e. The molecule has 0 saturated heterocycles. The number of rotatable bonds is 4. The number of nitrogens with zero attached hydrogens (tertiary/aromatic N) is 1. The molecule has 0 spiro atoms. The van der Waals surface area contributed by atoms with Crippen LogP contribution in [-0.2, 0) is 6.54 Å². The highest BCUT2D eigenvalue weighted by atomic mass is 16.3. The maximum Gasteiger partial charge on any atom is 0.255 e. The molecule has 5 heteroatoms. The van der Waals surface area contributed by atoms with Gasteiger partial charge in [-0.15, -0.1) is 0 Å². The molecule has 0 aromatic carbocycles. The Morgan fingerprint density at radius 1 is 1.39 bits per heavy atom. The van der Waals surface area contributed by atoms with E-state index in [4.69, 9.17) is 4.42 Å². The second-order valence-electron chi connectivity index (χ2n) is 3.84. The lowest BCUT2D eigenvalue weighted by atomic mass is 10.2. The molecule has 18 heavy (non-hydrogen) atoms. The van der Waals surface area contributed by atoms with E-state index in [9.17, 15) is 9.59 Å². The van der Waals surface area contributed by atoms with Crippen LogP contribution in [0.2, 0.25) is 0 Å². The van der Waals surface area contributed by atoms with Crippen molar-refractivity contribution in [2.75, 3.05) is 6.54 Å². The van der Waals surface area contributed by atoms with Gasteiger partial charge < -0.3 is 14.3 Å². The van der Waals surface area contributed by atoms with Crippen LogP contribution in [0.25, 0.3) is 0 Å². The number of hydrogen-bond acceptors (Lipinski definition) is 3. The summed E-state index contributed by atoms with van der Waals surface area (Å²) in [4.78, 5) is 27.3. The minimum absolute atomic E-state index is 0.134. The van der Waals surface area contributed by atoms with Crippen LogP contribution in [0.1, 0.15) is 23.0 Å². The normalized spacial score (nSPS) is 10.3. The quantitative estimate of drug-likeness (QED) is 0.891. The summed E-state index contributed by atoms with van der Waals surface area (Å²) in [6.07, 6.45) is 3.00. The Labute approximate surface area is 104 Å². The van der Waals surface area contributed by atoms with Gasteiger partial charge in [0.1, 0.15) is 5.76 Å². The maximum atomic E-state index is 12.2. The van der Waals surface area contributed by atoms with Crippen molar-refractivity contribution in [1.82, 2.24) is 9.88 Å². The van der Waals surface area contributed by atoms with Gasteiger partial charge in [0.25, 0.3) is 5.91 Å². The van der Waals surface area contributed by atoms with Gasteiger partial charge in [0.2, 0.25) is 5.56 Å². The second-order valence-corrected chi connectivity index (χ2v) is 3.84. The van der Waals surface area contributed by atoms with E-state index in [1.165, 1.54) is 18.3 Å². The van der Waals surface area contributed by atoms with Crippen molar-refractivity contribution in [3.8, 4) is 0 Å². The summed E-state index contributed by atoms with van der Waals surface area (Å²) < 4.78 is 5.22. The van der Waals surface area contributed by atoms with Crippen LogP contribution in [0.3, 0.4) is 0 Å². The number of aromatic nitrogens is 1. The Balaban J connectivity index is 2.14. The average molecular weight is 246 g/mol. The third-order valence-corrected chi connectivity index (χ3v) is 2.63. The number of nitrogens with one attached hydrogen (secondary N) is 1. The number of amides is 1. The highest BCUT2D eigenvalue weighted by molar-refractivity contribution is 5.93. The second kappa shape index (κ2) is 5.35. The van der Waals surface area contributed by atoms with E-state index in [1.807, 2.05) is 13.0 Å². The zero-order chi connectivity index (χ0) is 13.0. The lowest BCUT2D eigenvalue weighted by Gasteiger charge is -2.19. The molecule has 1 amide bonds. The van der Waals surface area contributed by atoms with Crippen molar-refractivity contribution < 1.29 is 9.21 Å². The molecule has 2 rings (SSSR count). The fourth-order valence-electron chi connectivity index (χ4n) is 1.64. The molecule has 2 heterocycles. The van der Waals surface area contributed by atoms with Gasteiger partial charge in [0.05, 0.1) is 18.4 Å². The van der Waals surface area contributed by atoms with E-state index in [0.29, 0.717) is 18.7 Å². The third-order valence-electron chi connectivity index (χ3n) is 2.63. The molecule has 0 aliphatic heterocycles. The standard InChI is InChI=1S/C13H14N2O3/c1-2-15(9-11-4-3-7-18-11)13(17)10-5-6-12(16)14-8-10/h3-8H,2,9H2,1H3,(H,14,16). The van der Waals surface area contributed by atoms with Gasteiger partial charge >= 0.3 is 0 Å². The van der Waals surface area contributed by atoms with Crippen LogP contribution in [0.4, 0.5) is 0 Å². The Bertz CT molecular complexity index is 552. The molecular weight excluding hydrogens is 232 g/mol. The van der Waals surface area contributed by atoms with Gasteiger partial charge in [-0.25, -0.2) is 0 Å². The van der Waals surface area contributed by atoms with E-state index in [-0.39, 0.29) is 11.5 Å². The molecule has 0 atom stereocenters. The van der Waals surface area contributed by atoms with Gasteiger partial charge in [0.15, 0.2) is 0 Å². The average Bonchev–Trinajstić information content (AvgIpc) is 2.89. The van der Waals surface area contributed by atoms with Crippen molar-refractivity contribution in [3.63, 3.8) is 0 Å². The summed E-state index contributed by atoms with van der Waals surface area (Å²) in [5.74, 6) is 0.597. The predicted octanol–water partition coefficient (Wildman–Crippen LogP) is 1.63. The van der Waals surface area contributed by atoms with Crippen LogP contribution in [0.5, 0.6) is 0 Å². The first kappa shape index (κ1) is 12.2. The van der Waals surface area contributed by atoms with Gasteiger partial charge in [0, 0.05) is 18.8 Å². The number of hydrogen-bond donors (Lipinski definition) is 1. The van der Waals surface area contributed by atoms with Crippen molar-refractivity contribution in [2.24, 2.45) is 0 Å². The van der Waals surface area contributed by atoms with E-state index < -0.39 is 0 Å². The molecule has 0 saturated carbocycles. The Kier molecular flexibility index (Phi) is 3.62. The zero-order valence-corrected chi connectivity index (χ0v) is 10.1. The number of furan rings is 1. The fraction of sp³-hybridized carbons (Fsp3) is 0.231. The Hall–Kier alpha value is -2.30. The lowest BCUT2D eigenvalue weighted by molar-refractivity contribution is 0.0741. The smallest absolute Gasteiger partial charge is 0.255 e. The number of carbonyl (C=O) groups is 1. The lowest BCUT2D eigenvalue weighted by Crippen LogP contribution is -2.30. The van der Waals surface area contributed by atoms with Crippen LogP contribution in [-0.4, -0.2) is 22.3 Å². The summed E-state index contributed by atoms with van der Waals surface area (Å²) in [7, 11) is 0. The predicted molar refractivity (Wildman–Crippen MR) is 66.2 cm³/mol. The number of pyridine rings is 1. The molecule has 5 nitrogen and oxygen atoms in total. The summed E-state index contributed by atoms with van der Waals surface area (Å²) in [6.45, 7) is 2.88. The molecule has 0 bridgehead atoms. The van der Waals surface area contributed by atoms with Crippen molar-refractivity contribution >= 4 is 5.91 Å². The van der Waals surface area contributed by atoms with Crippen molar-refractivity contribution in [1.29, 1.82) is 0 Å². The molecule has 2 aromatic heterocycles. The highest BCUT2D eigenvalue weighted by Crippen LogP contribution is 2.09. The summed E-state index contributed by atoms with van der Waals surface area (Å²) in [6, 6.07) is 6.47. The molecule has 1 N–H and O–H groups in total. The highest BCUT2D eigenvalue weighted by Gasteiger charge is 2.15. The first-order valence-electron chi connectivity index (χ1n) is 5.71. The molecule has 94 valence electrons. The molecule has 0 unspecified atom stereocenters. The number of aromatic amines is 1. The third kappa shape index (κ3) is 2.68. The molecule has 2 aromatic rings. The van der Waals surface area contributed by atoms with Gasteiger partial charge in [-0.05, 0) is 25.1 Å². The van der Waals surface area contributed by atoms with Crippen molar-refractivity contribution in [3.05, 3.63) is 58.4 Å². The molecular formula is C13H14N2O3. The summed E-state index contributed by atoms with van der Waals surface area (Å²) >= 11 is 0. The van der Waals surface area contributed by atoms with Gasteiger partial charge in [-0.3, -0.25) is 9.59 Å². The first-order valence-corrected chi connectivity index (χ1v) is 5.71. The van der Waals surface area contributed by atoms with Gasteiger partial charge in [-0.1, -0.05) is 0 Å². The first-order chi connectivity index (χ1) is 8.70. The summed E-state index contributed by atoms with van der Waals surface area (Å²) in [5.41, 5.74) is 0.239. The van der Waals surface area contributed by atoms with Crippen LogP contribution < -0.4 is 5.56 Å². The zero-order valence-electron chi connectivity index (χ0n) is 10.1. The van der Waals surface area contributed by atoms with Crippen molar-refractivity contribution in [2.45, 2.75) is 13.5 Å². The SMILES string of the molecule is CCN(Cc1ccco1)C(=O)c1ccc(=O)[nH]c1.